The molecule has 1 aromatic heterocycles. The molecular formula is C10H16N2O. The van der Waals surface area contributed by atoms with Crippen LogP contribution >= 0.6 is 0 Å². The summed E-state index contributed by atoms with van der Waals surface area (Å²) in [5, 5.41) is 3.31. The predicted molar refractivity (Wildman–Crippen MR) is 53.8 cm³/mol. The predicted octanol–water partition coefficient (Wildman–Crippen LogP) is 0.846. The van der Waals surface area contributed by atoms with Crippen LogP contribution in [0.4, 0.5) is 0 Å². The van der Waals surface area contributed by atoms with Gasteiger partial charge in [-0.1, -0.05) is 6.92 Å². The van der Waals surface area contributed by atoms with Crippen LogP contribution in [-0.2, 0) is 6.54 Å². The van der Waals surface area contributed by atoms with E-state index in [-0.39, 0.29) is 5.43 Å². The Labute approximate surface area is 78.4 Å². The summed E-state index contributed by atoms with van der Waals surface area (Å²) in [4.78, 5) is 10.8. The van der Waals surface area contributed by atoms with Crippen molar-refractivity contribution in [3.05, 3.63) is 34.7 Å². The minimum atomic E-state index is 0.0624. The van der Waals surface area contributed by atoms with E-state index >= 15 is 0 Å². The van der Waals surface area contributed by atoms with Gasteiger partial charge in [0.2, 0.25) is 0 Å². The molecule has 0 fully saturated rings. The van der Waals surface area contributed by atoms with Crippen LogP contribution in [0.3, 0.4) is 0 Å². The number of rotatable bonds is 4. The molecule has 13 heavy (non-hydrogen) atoms. The van der Waals surface area contributed by atoms with Crippen LogP contribution in [0.15, 0.2) is 29.3 Å². The van der Waals surface area contributed by atoms with Crippen molar-refractivity contribution >= 4 is 0 Å². The van der Waals surface area contributed by atoms with Gasteiger partial charge in [0, 0.05) is 37.1 Å². The highest BCUT2D eigenvalue weighted by atomic mass is 16.1. The quantitative estimate of drug-likeness (QED) is 0.745. The lowest BCUT2D eigenvalue weighted by Gasteiger charge is -2.13. The third-order valence-electron chi connectivity index (χ3n) is 1.90. The standard InChI is InChI=1S/C10H16N2O/c1-3-11-9(2)8-12-6-4-10(13)5-7-12/h4-7,9,11H,3,8H2,1-2H3. The number of pyridine rings is 1. The SMILES string of the molecule is CCNC(C)Cn1ccc(=O)cc1. The number of likely N-dealkylation sites (N-methyl/N-ethyl adjacent to an activating group) is 1. The summed E-state index contributed by atoms with van der Waals surface area (Å²) < 4.78 is 2.01. The van der Waals surface area contributed by atoms with Crippen molar-refractivity contribution in [2.75, 3.05) is 6.54 Å². The molecule has 0 saturated heterocycles. The van der Waals surface area contributed by atoms with Crippen LogP contribution < -0.4 is 10.7 Å². The molecule has 1 N–H and O–H groups in total. The molecule has 1 heterocycles. The fraction of sp³-hybridized carbons (Fsp3) is 0.500. The molecule has 0 bridgehead atoms. The molecule has 0 aliphatic carbocycles. The van der Waals surface area contributed by atoms with Gasteiger partial charge in [-0.15, -0.1) is 0 Å². The zero-order valence-corrected chi connectivity index (χ0v) is 8.16. The maximum absolute atomic E-state index is 10.8. The number of nitrogens with one attached hydrogen (secondary N) is 1. The second kappa shape index (κ2) is 4.82. The van der Waals surface area contributed by atoms with Crippen molar-refractivity contribution in [1.82, 2.24) is 9.88 Å². The third kappa shape index (κ3) is 3.42. The molecule has 0 aliphatic rings. The van der Waals surface area contributed by atoms with Gasteiger partial charge in [0.15, 0.2) is 5.43 Å². The van der Waals surface area contributed by atoms with Crippen LogP contribution in [0.2, 0.25) is 0 Å². The van der Waals surface area contributed by atoms with Crippen LogP contribution in [0.25, 0.3) is 0 Å². The highest BCUT2D eigenvalue weighted by molar-refractivity contribution is 4.93. The van der Waals surface area contributed by atoms with Gasteiger partial charge in [-0.05, 0) is 13.5 Å². The Hall–Kier alpha value is -1.09. The van der Waals surface area contributed by atoms with Gasteiger partial charge in [-0.3, -0.25) is 4.79 Å². The van der Waals surface area contributed by atoms with E-state index in [0.717, 1.165) is 13.1 Å². The molecule has 0 amide bonds. The average Bonchev–Trinajstić information content (AvgIpc) is 2.09. The molecule has 0 aromatic carbocycles. The van der Waals surface area contributed by atoms with Crippen LogP contribution in [0, 0.1) is 0 Å². The first-order valence-electron chi connectivity index (χ1n) is 4.62. The average molecular weight is 180 g/mol. The molecule has 0 radical (unpaired) electrons. The number of nitrogens with zero attached hydrogens (tertiary/aromatic N) is 1. The smallest absolute Gasteiger partial charge is 0.181 e. The summed E-state index contributed by atoms with van der Waals surface area (Å²) in [5.74, 6) is 0. The molecule has 1 aromatic rings. The van der Waals surface area contributed by atoms with Gasteiger partial charge in [0.1, 0.15) is 0 Å². The Balaban J connectivity index is 2.54. The normalized spacial score (nSPS) is 12.8. The maximum Gasteiger partial charge on any atom is 0.181 e. The summed E-state index contributed by atoms with van der Waals surface area (Å²) in [6.45, 7) is 6.08. The lowest BCUT2D eigenvalue weighted by molar-refractivity contribution is 0.488. The van der Waals surface area contributed by atoms with Crippen LogP contribution in [-0.4, -0.2) is 17.2 Å². The Bertz CT molecular complexity index is 286. The van der Waals surface area contributed by atoms with Crippen LogP contribution in [0.1, 0.15) is 13.8 Å². The monoisotopic (exact) mass is 180 g/mol. The Kier molecular flexibility index (Phi) is 3.71. The summed E-state index contributed by atoms with van der Waals surface area (Å²) in [7, 11) is 0. The van der Waals surface area contributed by atoms with E-state index in [9.17, 15) is 4.79 Å². The fourth-order valence-electron chi connectivity index (χ4n) is 1.29. The fourth-order valence-corrected chi connectivity index (χ4v) is 1.29. The molecule has 0 spiro atoms. The van der Waals surface area contributed by atoms with Gasteiger partial charge in [0.25, 0.3) is 0 Å². The first kappa shape index (κ1) is 9.99. The molecule has 1 rings (SSSR count). The van der Waals surface area contributed by atoms with E-state index in [4.69, 9.17) is 0 Å². The Morgan fingerprint density at radius 1 is 1.46 bits per heavy atom. The van der Waals surface area contributed by atoms with Crippen molar-refractivity contribution in [1.29, 1.82) is 0 Å². The number of hydrogen-bond donors (Lipinski definition) is 1. The molecule has 3 nitrogen and oxygen atoms in total. The molecular weight excluding hydrogens is 164 g/mol. The molecule has 0 aliphatic heterocycles. The topological polar surface area (TPSA) is 34.0 Å². The second-order valence-corrected chi connectivity index (χ2v) is 3.19. The first-order chi connectivity index (χ1) is 6.22. The van der Waals surface area contributed by atoms with E-state index in [0.29, 0.717) is 6.04 Å². The summed E-state index contributed by atoms with van der Waals surface area (Å²) in [6.07, 6.45) is 3.63. The lowest BCUT2D eigenvalue weighted by Crippen LogP contribution is -2.30. The van der Waals surface area contributed by atoms with Crippen molar-refractivity contribution in [3.8, 4) is 0 Å². The molecule has 1 atom stereocenters. The Morgan fingerprint density at radius 3 is 2.62 bits per heavy atom. The van der Waals surface area contributed by atoms with E-state index in [1.807, 2.05) is 17.0 Å². The van der Waals surface area contributed by atoms with Gasteiger partial charge in [0.05, 0.1) is 0 Å². The molecule has 1 unspecified atom stereocenters. The maximum atomic E-state index is 10.8. The lowest BCUT2D eigenvalue weighted by atomic mass is 10.3. The minimum Gasteiger partial charge on any atom is -0.352 e. The van der Waals surface area contributed by atoms with E-state index < -0.39 is 0 Å². The van der Waals surface area contributed by atoms with Gasteiger partial charge < -0.3 is 9.88 Å². The number of hydrogen-bond acceptors (Lipinski definition) is 2. The van der Waals surface area contributed by atoms with Crippen molar-refractivity contribution in [2.45, 2.75) is 26.4 Å². The second-order valence-electron chi connectivity index (χ2n) is 3.19. The highest BCUT2D eigenvalue weighted by Gasteiger charge is 1.98. The summed E-state index contributed by atoms with van der Waals surface area (Å²) in [5.41, 5.74) is 0.0624. The van der Waals surface area contributed by atoms with Crippen molar-refractivity contribution < 1.29 is 0 Å². The van der Waals surface area contributed by atoms with E-state index in [1.54, 1.807) is 12.1 Å². The third-order valence-corrected chi connectivity index (χ3v) is 1.90. The molecule has 3 heteroatoms. The Morgan fingerprint density at radius 2 is 2.08 bits per heavy atom. The molecule has 0 saturated carbocycles. The first-order valence-corrected chi connectivity index (χ1v) is 4.62. The summed E-state index contributed by atoms with van der Waals surface area (Å²) >= 11 is 0. The molecule has 72 valence electrons. The van der Waals surface area contributed by atoms with Crippen molar-refractivity contribution in [2.24, 2.45) is 0 Å². The van der Waals surface area contributed by atoms with Crippen LogP contribution in [0.5, 0.6) is 0 Å². The summed E-state index contributed by atoms with van der Waals surface area (Å²) in [6, 6.07) is 3.60. The van der Waals surface area contributed by atoms with Crippen molar-refractivity contribution in [3.63, 3.8) is 0 Å². The largest absolute Gasteiger partial charge is 0.352 e. The van der Waals surface area contributed by atoms with Gasteiger partial charge in [-0.2, -0.15) is 0 Å². The van der Waals surface area contributed by atoms with Gasteiger partial charge in [-0.25, -0.2) is 0 Å². The van der Waals surface area contributed by atoms with E-state index in [1.165, 1.54) is 0 Å². The van der Waals surface area contributed by atoms with E-state index in [2.05, 4.69) is 19.2 Å². The minimum absolute atomic E-state index is 0.0624. The zero-order valence-electron chi connectivity index (χ0n) is 8.16. The number of aromatic nitrogens is 1. The highest BCUT2D eigenvalue weighted by Crippen LogP contribution is 1.89. The zero-order chi connectivity index (χ0) is 9.68. The van der Waals surface area contributed by atoms with Gasteiger partial charge >= 0.3 is 0 Å².